The van der Waals surface area contributed by atoms with Gasteiger partial charge in [-0.1, -0.05) is 0 Å². The highest BCUT2D eigenvalue weighted by atomic mass is 32.1. The van der Waals surface area contributed by atoms with Crippen LogP contribution in [0.15, 0.2) is 12.1 Å². The van der Waals surface area contributed by atoms with Gasteiger partial charge in [-0.25, -0.2) is 4.39 Å². The van der Waals surface area contributed by atoms with E-state index in [-0.39, 0.29) is 17.5 Å². The molecule has 0 spiro atoms. The Morgan fingerprint density at radius 2 is 2.18 bits per heavy atom. The number of nitrogens with one attached hydrogen (secondary N) is 2. The minimum atomic E-state index is -0.996. The summed E-state index contributed by atoms with van der Waals surface area (Å²) >= 11 is 5.02. The number of aliphatic hydroxyl groups is 1. The molecular weight excluding hydrogens is 305 g/mol. The highest BCUT2D eigenvalue weighted by molar-refractivity contribution is 7.71. The van der Waals surface area contributed by atoms with Crippen LogP contribution in [0.5, 0.6) is 0 Å². The molecule has 1 fully saturated rings. The van der Waals surface area contributed by atoms with Crippen LogP contribution in [0.3, 0.4) is 0 Å². The minimum absolute atomic E-state index is 0.235. The Balaban J connectivity index is 2.07. The maximum absolute atomic E-state index is 13.8. The lowest BCUT2D eigenvalue weighted by atomic mass is 9.96. The number of hydrogen-bond donors (Lipinski definition) is 3. The van der Waals surface area contributed by atoms with E-state index in [2.05, 4.69) is 9.97 Å². The monoisotopic (exact) mass is 323 g/mol. The van der Waals surface area contributed by atoms with Crippen molar-refractivity contribution < 1.29 is 14.3 Å². The highest BCUT2D eigenvalue weighted by Gasteiger charge is 2.39. The van der Waals surface area contributed by atoms with Gasteiger partial charge >= 0.3 is 0 Å². The molecule has 1 aliphatic heterocycles. The van der Waals surface area contributed by atoms with Gasteiger partial charge in [0.15, 0.2) is 4.77 Å². The Kier molecular flexibility index (Phi) is 3.57. The van der Waals surface area contributed by atoms with Gasteiger partial charge in [-0.05, 0) is 51.0 Å². The molecule has 3 N–H and O–H groups in total. The van der Waals surface area contributed by atoms with Crippen molar-refractivity contribution in [2.45, 2.75) is 38.3 Å². The van der Waals surface area contributed by atoms with Crippen LogP contribution in [0.2, 0.25) is 0 Å². The molecule has 0 saturated carbocycles. The standard InChI is InChI=1S/C15H18FN3O2S/c1-15(2,21)11-4-3-5-19(11)13(20)9-6-8(16)7-10-12(9)18-14(22)17-10/h6-7,11,21H,3-5H2,1-2H3,(H2,17,18,22). The molecule has 118 valence electrons. The Labute approximate surface area is 132 Å². The van der Waals surface area contributed by atoms with Crippen molar-refractivity contribution in [3.63, 3.8) is 0 Å². The third-order valence-electron chi connectivity index (χ3n) is 4.15. The van der Waals surface area contributed by atoms with Gasteiger partial charge in [0.2, 0.25) is 0 Å². The molecule has 1 aromatic carbocycles. The number of aromatic nitrogens is 2. The van der Waals surface area contributed by atoms with Crippen LogP contribution in [0, 0.1) is 10.6 Å². The van der Waals surface area contributed by atoms with Gasteiger partial charge in [0, 0.05) is 6.54 Å². The van der Waals surface area contributed by atoms with Crippen LogP contribution in [-0.2, 0) is 0 Å². The summed E-state index contributed by atoms with van der Waals surface area (Å²) in [6.07, 6.45) is 1.55. The van der Waals surface area contributed by atoms with E-state index < -0.39 is 11.4 Å². The van der Waals surface area contributed by atoms with Crippen molar-refractivity contribution in [1.29, 1.82) is 0 Å². The Morgan fingerprint density at radius 3 is 2.86 bits per heavy atom. The van der Waals surface area contributed by atoms with Crippen molar-refractivity contribution in [1.82, 2.24) is 14.9 Å². The molecule has 0 radical (unpaired) electrons. The average molecular weight is 323 g/mol. The van der Waals surface area contributed by atoms with Gasteiger partial charge < -0.3 is 20.0 Å². The van der Waals surface area contributed by atoms with Crippen molar-refractivity contribution in [3.05, 3.63) is 28.3 Å². The molecular formula is C15H18FN3O2S. The number of carbonyl (C=O) groups excluding carboxylic acids is 1. The maximum Gasteiger partial charge on any atom is 0.256 e. The molecule has 22 heavy (non-hydrogen) atoms. The van der Waals surface area contributed by atoms with E-state index in [1.807, 2.05) is 0 Å². The second kappa shape index (κ2) is 5.17. The molecule has 1 aliphatic rings. The van der Waals surface area contributed by atoms with Gasteiger partial charge in [-0.15, -0.1) is 0 Å². The van der Waals surface area contributed by atoms with E-state index in [0.29, 0.717) is 22.3 Å². The van der Waals surface area contributed by atoms with Gasteiger partial charge in [0.1, 0.15) is 5.82 Å². The number of nitrogens with zero attached hydrogens (tertiary/aromatic N) is 1. The topological polar surface area (TPSA) is 72.1 Å². The van der Waals surface area contributed by atoms with Crippen molar-refractivity contribution in [2.75, 3.05) is 6.54 Å². The van der Waals surface area contributed by atoms with E-state index in [9.17, 15) is 14.3 Å². The third-order valence-corrected chi connectivity index (χ3v) is 4.35. The Morgan fingerprint density at radius 1 is 1.45 bits per heavy atom. The summed E-state index contributed by atoms with van der Waals surface area (Å²) in [5, 5.41) is 10.3. The fourth-order valence-electron chi connectivity index (χ4n) is 3.17. The van der Waals surface area contributed by atoms with Gasteiger partial charge in [0.25, 0.3) is 5.91 Å². The molecule has 1 atom stereocenters. The van der Waals surface area contributed by atoms with Crippen molar-refractivity contribution in [2.24, 2.45) is 0 Å². The second-order valence-electron chi connectivity index (χ2n) is 6.27. The minimum Gasteiger partial charge on any atom is -0.388 e. The number of imidazole rings is 1. The summed E-state index contributed by atoms with van der Waals surface area (Å²) in [5.41, 5.74) is 0.201. The summed E-state index contributed by atoms with van der Waals surface area (Å²) in [6, 6.07) is 2.24. The number of rotatable bonds is 2. The summed E-state index contributed by atoms with van der Waals surface area (Å²) in [7, 11) is 0. The molecule has 0 bridgehead atoms. The molecule has 0 aliphatic carbocycles. The largest absolute Gasteiger partial charge is 0.388 e. The quantitative estimate of drug-likeness (QED) is 0.744. The third kappa shape index (κ3) is 2.55. The lowest BCUT2D eigenvalue weighted by Gasteiger charge is -2.33. The summed E-state index contributed by atoms with van der Waals surface area (Å²) in [5.74, 6) is -0.792. The molecule has 2 aromatic rings. The van der Waals surface area contributed by atoms with E-state index in [1.165, 1.54) is 12.1 Å². The van der Waals surface area contributed by atoms with Crippen LogP contribution >= 0.6 is 12.2 Å². The molecule has 7 heteroatoms. The van der Waals surface area contributed by atoms with Gasteiger partial charge in [-0.2, -0.15) is 0 Å². The highest BCUT2D eigenvalue weighted by Crippen LogP contribution is 2.29. The molecule has 1 saturated heterocycles. The van der Waals surface area contributed by atoms with E-state index >= 15 is 0 Å². The van der Waals surface area contributed by atoms with Crippen LogP contribution in [-0.4, -0.2) is 44.1 Å². The number of H-pyrrole nitrogens is 2. The fourth-order valence-corrected chi connectivity index (χ4v) is 3.39. The first-order valence-corrected chi connectivity index (χ1v) is 7.63. The fraction of sp³-hybridized carbons (Fsp3) is 0.467. The maximum atomic E-state index is 13.8. The molecule has 1 aromatic heterocycles. The summed E-state index contributed by atoms with van der Waals surface area (Å²) < 4.78 is 14.1. The zero-order valence-electron chi connectivity index (χ0n) is 12.4. The summed E-state index contributed by atoms with van der Waals surface area (Å²) in [4.78, 5) is 20.2. The lowest BCUT2D eigenvalue weighted by molar-refractivity contribution is 0.000390. The Hall–Kier alpha value is -1.73. The van der Waals surface area contributed by atoms with Gasteiger partial charge in [0.05, 0.1) is 28.2 Å². The first kappa shape index (κ1) is 15.2. The Bertz CT molecular complexity index is 790. The zero-order chi connectivity index (χ0) is 16.1. The molecule has 2 heterocycles. The van der Waals surface area contributed by atoms with Crippen LogP contribution in [0.1, 0.15) is 37.0 Å². The predicted molar refractivity (Wildman–Crippen MR) is 83.8 cm³/mol. The normalized spacial score (nSPS) is 19.1. The number of amides is 1. The van der Waals surface area contributed by atoms with Gasteiger partial charge in [-0.3, -0.25) is 4.79 Å². The molecule has 5 nitrogen and oxygen atoms in total. The van der Waals surface area contributed by atoms with Crippen molar-refractivity contribution >= 4 is 29.2 Å². The van der Waals surface area contributed by atoms with Crippen LogP contribution in [0.25, 0.3) is 11.0 Å². The number of benzene rings is 1. The predicted octanol–water partition coefficient (Wildman–Crippen LogP) is 2.74. The van der Waals surface area contributed by atoms with Crippen LogP contribution < -0.4 is 0 Å². The molecule has 1 amide bonds. The molecule has 3 rings (SSSR count). The first-order chi connectivity index (χ1) is 10.3. The average Bonchev–Trinajstić information content (AvgIpc) is 3.01. The SMILES string of the molecule is CC(C)(O)C1CCCN1C(=O)c1cc(F)cc2[nH]c(=S)[nH]c12. The molecule has 1 unspecified atom stereocenters. The summed E-state index contributed by atoms with van der Waals surface area (Å²) in [6.45, 7) is 3.93. The zero-order valence-corrected chi connectivity index (χ0v) is 13.3. The van der Waals surface area contributed by atoms with Crippen molar-refractivity contribution in [3.8, 4) is 0 Å². The number of halogens is 1. The van der Waals surface area contributed by atoms with E-state index in [0.717, 1.165) is 12.8 Å². The number of likely N-dealkylation sites (tertiary alicyclic amines) is 1. The lowest BCUT2D eigenvalue weighted by Crippen LogP contribution is -2.48. The van der Waals surface area contributed by atoms with E-state index in [1.54, 1.807) is 18.7 Å². The van der Waals surface area contributed by atoms with Crippen LogP contribution in [0.4, 0.5) is 4.39 Å². The number of carbonyl (C=O) groups is 1. The number of fused-ring (bicyclic) bond motifs is 1. The number of hydrogen-bond acceptors (Lipinski definition) is 3. The second-order valence-corrected chi connectivity index (χ2v) is 6.67. The van der Waals surface area contributed by atoms with E-state index in [4.69, 9.17) is 12.2 Å². The first-order valence-electron chi connectivity index (χ1n) is 7.22. The smallest absolute Gasteiger partial charge is 0.256 e. The number of aromatic amines is 2.